The predicted octanol–water partition coefficient (Wildman–Crippen LogP) is -12.3. The van der Waals surface area contributed by atoms with Gasteiger partial charge in [0.1, 0.15) is 90.6 Å². The molecule has 708 valence electrons. The second kappa shape index (κ2) is 55.3. The van der Waals surface area contributed by atoms with Gasteiger partial charge in [-0.05, 0) is 116 Å². The van der Waals surface area contributed by atoms with E-state index < -0.39 is 303 Å². The molecule has 2 fully saturated rings. The third-order valence-electron chi connectivity index (χ3n) is 19.5. The fourth-order valence-corrected chi connectivity index (χ4v) is 13.3. The molecule has 126 heavy (non-hydrogen) atoms. The highest BCUT2D eigenvalue weighted by molar-refractivity contribution is 7.98. The number of carboxylic acid groups (broad SMARTS) is 4. The third-order valence-corrected chi connectivity index (χ3v) is 20.5. The lowest BCUT2D eigenvalue weighted by atomic mass is 10.0. The summed E-state index contributed by atoms with van der Waals surface area (Å²) in [5.41, 5.74) is 27.3. The maximum atomic E-state index is 14.4. The molecule has 2 saturated heterocycles. The number of carboxylic acids is 4. The Hall–Kier alpha value is -12.0. The number of aliphatic hydroxyl groups excluding tert-OH is 3. The molecule has 2 aliphatic heterocycles. The summed E-state index contributed by atoms with van der Waals surface area (Å²) in [6.07, 6.45) is -8.45. The lowest BCUT2D eigenvalue weighted by Gasteiger charge is -2.31. The van der Waals surface area contributed by atoms with Crippen molar-refractivity contribution in [3.8, 4) is 0 Å². The van der Waals surface area contributed by atoms with Gasteiger partial charge in [0.15, 0.2) is 11.9 Å². The number of rotatable bonds is 58. The number of likely N-dealkylation sites (tertiary alicyclic amines) is 2. The first-order valence-electron chi connectivity index (χ1n) is 40.0. The summed E-state index contributed by atoms with van der Waals surface area (Å²) in [5.74, 6) is -27.6. The molecule has 17 amide bonds. The zero-order valence-electron chi connectivity index (χ0n) is 70.3. The fourth-order valence-electron chi connectivity index (χ4n) is 12.7. The van der Waals surface area contributed by atoms with Crippen LogP contribution in [0.2, 0.25) is 0 Å². The van der Waals surface area contributed by atoms with E-state index in [0.29, 0.717) is 0 Å². The van der Waals surface area contributed by atoms with Crippen LogP contribution in [0.25, 0.3) is 0 Å². The Bertz CT molecular complexity index is 3900. The normalized spacial score (nSPS) is 17.3. The molecule has 0 saturated carbocycles. The molecule has 2 heterocycles. The third kappa shape index (κ3) is 38.6. The van der Waals surface area contributed by atoms with Gasteiger partial charge in [-0.1, -0.05) is 13.8 Å². The lowest BCUT2D eigenvalue weighted by molar-refractivity contribution is -0.145. The van der Waals surface area contributed by atoms with Crippen LogP contribution < -0.4 is 108 Å². The minimum Gasteiger partial charge on any atom is -0.481 e. The van der Waals surface area contributed by atoms with E-state index in [1.54, 1.807) is 6.26 Å². The Morgan fingerprint density at radius 1 is 0.421 bits per heavy atom. The molecule has 2 aliphatic rings. The molecule has 18 atom stereocenters. The molecule has 0 aliphatic carbocycles. The minimum atomic E-state index is -2.17. The maximum absolute atomic E-state index is 14.4. The van der Waals surface area contributed by atoms with Crippen molar-refractivity contribution in [2.75, 3.05) is 50.5 Å². The Morgan fingerprint density at radius 2 is 0.794 bits per heavy atom. The van der Waals surface area contributed by atoms with E-state index in [2.05, 4.69) is 87.1 Å². The van der Waals surface area contributed by atoms with Gasteiger partial charge >= 0.3 is 23.9 Å². The molecule has 2 rings (SSSR count). The summed E-state index contributed by atoms with van der Waals surface area (Å²) >= 11 is 5.11. The van der Waals surface area contributed by atoms with Gasteiger partial charge in [-0.2, -0.15) is 24.4 Å². The molecule has 54 heteroatoms. The summed E-state index contributed by atoms with van der Waals surface area (Å²) in [5, 5.41) is 120. The van der Waals surface area contributed by atoms with Crippen molar-refractivity contribution in [3.05, 3.63) is 0 Å². The number of primary amides is 2. The van der Waals surface area contributed by atoms with E-state index >= 15 is 0 Å². The van der Waals surface area contributed by atoms with Crippen LogP contribution in [-0.2, 0) is 101 Å². The van der Waals surface area contributed by atoms with Gasteiger partial charge in [0.05, 0.1) is 37.7 Å². The number of amides is 17. The van der Waals surface area contributed by atoms with Gasteiger partial charge in [0.25, 0.3) is 0 Å². The van der Waals surface area contributed by atoms with Crippen molar-refractivity contribution < 1.29 is 136 Å². The molecule has 0 spiro atoms. The molecule has 0 bridgehead atoms. The number of nitrogens with zero attached hydrogens (tertiary/aromatic N) is 2. The number of aliphatic carboxylic acids is 4. The lowest BCUT2D eigenvalue weighted by Crippen LogP contribution is -2.63. The number of nitrogens with two attached hydrogens (primary N) is 5. The monoisotopic (exact) mass is 1830 g/mol. The summed E-state index contributed by atoms with van der Waals surface area (Å²) < 4.78 is 0. The molecule has 0 aromatic heterocycles. The maximum Gasteiger partial charge on any atom is 0.326 e. The minimum absolute atomic E-state index is 0.0195. The second-order valence-electron chi connectivity index (χ2n) is 30.0. The summed E-state index contributed by atoms with van der Waals surface area (Å²) in [6.45, 7) is 4.43. The Labute approximate surface area is 732 Å². The SMILES string of the molecule is CSCC[C@H](NC(=O)[C@H](CCC(=O)O)NC(=O)[C@H](CO)NC(=O)[C@H](CCC(=O)O)NC(=O)[C@@H]1CCCN1C(=O)[C@H](CCC(N)=O)NC(=O)[C@H](CCCNC(=N)N)NC(=O)[C@@H](N)CS)C(=O)N[C@H](C(=O)N[C@@H](CC(=O)O)C(=O)N[C@@H](C)C(=O)N[C@H](C(=O)N[C@H](C(=O)N[C@@H](CC(N)=O)C(=O)N1CCC[C@H]1C(=O)N[C@@H](CCCNC(=N)N)C(=O)O)C(C)C)[C@@H](C)O)[C@@H](C)O. The first kappa shape index (κ1) is 110. The van der Waals surface area contributed by atoms with E-state index in [-0.39, 0.29) is 101 Å². The average molecular weight is 1830 g/mol. The Balaban J connectivity index is 2.37. The molecular weight excluding hydrogens is 1710 g/mol. The van der Waals surface area contributed by atoms with Crippen LogP contribution in [0.5, 0.6) is 0 Å². The number of nitrogens with one attached hydrogen (secondary N) is 17. The molecule has 0 aromatic carbocycles. The van der Waals surface area contributed by atoms with Crippen molar-refractivity contribution in [2.45, 2.75) is 253 Å². The number of thioether (sulfide) groups is 1. The van der Waals surface area contributed by atoms with Crippen molar-refractivity contribution >= 4 is 161 Å². The number of thiol groups is 1. The molecule has 0 unspecified atom stereocenters. The quantitative estimate of drug-likeness (QED) is 0.0116. The van der Waals surface area contributed by atoms with Gasteiger partial charge < -0.3 is 154 Å². The van der Waals surface area contributed by atoms with E-state index in [1.807, 2.05) is 5.32 Å². The van der Waals surface area contributed by atoms with E-state index in [9.17, 15) is 136 Å². The first-order chi connectivity index (χ1) is 59.0. The van der Waals surface area contributed by atoms with Crippen LogP contribution in [0.1, 0.15) is 144 Å². The van der Waals surface area contributed by atoms with Crippen LogP contribution in [0, 0.1) is 16.7 Å². The highest BCUT2D eigenvalue weighted by atomic mass is 32.2. The molecular formula is C72H120N24O28S2. The number of carbonyl (C=O) groups is 21. The van der Waals surface area contributed by atoms with Crippen molar-refractivity contribution in [2.24, 2.45) is 34.6 Å². The fraction of sp³-hybridized carbons (Fsp3) is 0.681. The predicted molar refractivity (Wildman–Crippen MR) is 445 cm³/mol. The second-order valence-corrected chi connectivity index (χ2v) is 31.4. The number of aliphatic hydroxyl groups is 3. The molecule has 34 N–H and O–H groups in total. The molecule has 0 aromatic rings. The topological polar surface area (TPSA) is 865 Å². The summed E-state index contributed by atoms with van der Waals surface area (Å²) in [7, 11) is 0. The van der Waals surface area contributed by atoms with Gasteiger partial charge in [0.2, 0.25) is 100 Å². The highest BCUT2D eigenvalue weighted by Crippen LogP contribution is 2.23. The number of carbonyl (C=O) groups excluding carboxylic acids is 17. The first-order valence-corrected chi connectivity index (χ1v) is 42.0. The molecule has 52 nitrogen and oxygen atoms in total. The van der Waals surface area contributed by atoms with Crippen molar-refractivity contribution in [1.29, 1.82) is 10.8 Å². The van der Waals surface area contributed by atoms with Gasteiger partial charge in [-0.25, -0.2) is 4.79 Å². The van der Waals surface area contributed by atoms with Gasteiger partial charge in [-0.15, -0.1) is 0 Å². The summed E-state index contributed by atoms with van der Waals surface area (Å²) in [6, 6.07) is -27.6. The van der Waals surface area contributed by atoms with Crippen LogP contribution in [0.4, 0.5) is 0 Å². The zero-order chi connectivity index (χ0) is 95.7. The Morgan fingerprint density at radius 3 is 1.23 bits per heavy atom. The largest absolute Gasteiger partial charge is 0.481 e. The van der Waals surface area contributed by atoms with E-state index in [0.717, 1.165) is 42.3 Å². The van der Waals surface area contributed by atoms with Crippen LogP contribution in [-0.4, -0.2) is 341 Å². The smallest absolute Gasteiger partial charge is 0.326 e. The highest BCUT2D eigenvalue weighted by Gasteiger charge is 2.45. The standard InChI is InChI=1S/C72H120N24O28S2/c1-31(2)52(65(118)90-43(27-48(75)101)69(122)96-25-10-14-46(96)64(117)88-41(70(123)124)12-8-23-81-72(78)79)92-67(120)54(34(5)99)93-55(108)32(3)82-61(114)42(28-51(106)107)89-66(119)53(33(4)98)94-60(113)39(21-26-126-6)85-58(111)37(16-19-49(102)103)84-62(115)44(29-97)91-59(112)38(17-20-50(104)105)86-63(116)45-13-9-24-95(45)68(121)40(15-18-47(74)100)87-57(110)36(11-7-22-80-71(76)77)83-56(109)35(73)30-125/h31-46,52-54,97-99,125H,7-30,73H2,1-6H3,(H2,74,100)(H2,75,101)(H,82,114)(H,83,109)(H,84,115)(H,85,111)(H,86,116)(H,87,110)(H,88,117)(H,89,119)(H,90,118)(H,91,112)(H,92,120)(H,93,108)(H,94,113)(H,102,103)(H,104,105)(H,106,107)(H,123,124)(H4,76,77,80)(H4,78,79,81)/t32-,33+,34+,35-,36-,37-,38-,39-,40-,41-,42-,43-,44-,45-,46-,52-,53-,54-/m0/s1. The van der Waals surface area contributed by atoms with Crippen LogP contribution in [0.15, 0.2) is 0 Å². The van der Waals surface area contributed by atoms with Crippen LogP contribution in [0.3, 0.4) is 0 Å². The van der Waals surface area contributed by atoms with E-state index in [1.165, 1.54) is 13.8 Å². The average Bonchev–Trinajstić information content (AvgIpc) is 1.65. The number of hydrogen-bond acceptors (Lipinski definition) is 29. The van der Waals surface area contributed by atoms with Crippen molar-refractivity contribution in [3.63, 3.8) is 0 Å². The van der Waals surface area contributed by atoms with Gasteiger partial charge in [0, 0.05) is 51.2 Å². The summed E-state index contributed by atoms with van der Waals surface area (Å²) in [4.78, 5) is 284. The van der Waals surface area contributed by atoms with Gasteiger partial charge in [-0.3, -0.25) is 107 Å². The van der Waals surface area contributed by atoms with Crippen LogP contribution >= 0.6 is 24.4 Å². The number of guanidine groups is 2. The van der Waals surface area contributed by atoms with Crippen molar-refractivity contribution in [1.82, 2.24) is 89.6 Å². The van der Waals surface area contributed by atoms with E-state index in [4.69, 9.17) is 39.5 Å². The molecule has 0 radical (unpaired) electrons. The zero-order valence-corrected chi connectivity index (χ0v) is 72.0. The number of hydrogen-bond donors (Lipinski definition) is 30. The Kier molecular flexibility index (Phi) is 48.3.